The summed E-state index contributed by atoms with van der Waals surface area (Å²) >= 11 is 0. The molecule has 0 radical (unpaired) electrons. The zero-order valence-corrected chi connectivity index (χ0v) is 18.5. The maximum atomic E-state index is 12.3. The molecular weight excluding hydrogens is 400 g/mol. The number of allylic oxidation sites excluding steroid dienone is 2. The zero-order chi connectivity index (χ0) is 22.4. The minimum Gasteiger partial charge on any atom is -0.459 e. The second kappa shape index (κ2) is 13.3. The molecule has 1 aliphatic rings. The first kappa shape index (κ1) is 23.5. The van der Waals surface area contributed by atoms with Crippen LogP contribution in [-0.4, -0.2) is 24.1 Å². The normalized spacial score (nSPS) is 22.2. The average molecular weight is 433 g/mol. The van der Waals surface area contributed by atoms with Crippen LogP contribution in [0.15, 0.2) is 85.0 Å². The molecule has 168 valence electrons. The summed E-state index contributed by atoms with van der Waals surface area (Å²) in [7, 11) is 0. The quantitative estimate of drug-likeness (QED) is 0.545. The van der Waals surface area contributed by atoms with E-state index in [4.69, 9.17) is 9.47 Å². The van der Waals surface area contributed by atoms with Crippen LogP contribution >= 0.6 is 0 Å². The van der Waals surface area contributed by atoms with Gasteiger partial charge < -0.3 is 9.47 Å². The van der Waals surface area contributed by atoms with Gasteiger partial charge in [-0.25, -0.2) is 9.59 Å². The topological polar surface area (TPSA) is 52.6 Å². The number of esters is 2. The van der Waals surface area contributed by atoms with Crippen LogP contribution in [0.2, 0.25) is 0 Å². The Kier molecular flexibility index (Phi) is 9.78. The van der Waals surface area contributed by atoms with Gasteiger partial charge in [-0.05, 0) is 62.5 Å². The molecule has 0 aromatic heterocycles. The SMILES string of the molecule is O=C1/C=C/CC[C@@H](CCc2ccccc2)OC(=O)/C=C/CC[C@@H](CCc2ccccc2)O1. The lowest BCUT2D eigenvalue weighted by Gasteiger charge is -2.18. The molecule has 2 aromatic rings. The monoisotopic (exact) mass is 432 g/mol. The van der Waals surface area contributed by atoms with Crippen LogP contribution in [0, 0.1) is 0 Å². The molecule has 4 heteroatoms. The highest BCUT2D eigenvalue weighted by molar-refractivity contribution is 5.82. The highest BCUT2D eigenvalue weighted by Gasteiger charge is 2.15. The Morgan fingerprint density at radius 3 is 1.44 bits per heavy atom. The number of hydrogen-bond acceptors (Lipinski definition) is 4. The molecule has 1 heterocycles. The van der Waals surface area contributed by atoms with E-state index in [1.54, 1.807) is 0 Å². The lowest BCUT2D eigenvalue weighted by atomic mass is 10.0. The van der Waals surface area contributed by atoms with Crippen LogP contribution < -0.4 is 0 Å². The Morgan fingerprint density at radius 1 is 0.625 bits per heavy atom. The Bertz CT molecular complexity index is 811. The number of carbonyl (C=O) groups is 2. The molecule has 2 atom stereocenters. The molecule has 0 bridgehead atoms. The van der Waals surface area contributed by atoms with Crippen molar-refractivity contribution in [1.29, 1.82) is 0 Å². The first-order valence-electron chi connectivity index (χ1n) is 11.5. The predicted octanol–water partition coefficient (Wildman–Crippen LogP) is 5.76. The van der Waals surface area contributed by atoms with Crippen LogP contribution in [0.4, 0.5) is 0 Å². The van der Waals surface area contributed by atoms with Gasteiger partial charge in [0.1, 0.15) is 12.2 Å². The van der Waals surface area contributed by atoms with Crippen molar-refractivity contribution in [3.05, 3.63) is 96.1 Å². The highest BCUT2D eigenvalue weighted by Crippen LogP contribution is 2.16. The molecule has 0 fully saturated rings. The van der Waals surface area contributed by atoms with Gasteiger partial charge in [0.2, 0.25) is 0 Å². The van der Waals surface area contributed by atoms with Crippen molar-refractivity contribution in [3.8, 4) is 0 Å². The van der Waals surface area contributed by atoms with Crippen LogP contribution in [0.25, 0.3) is 0 Å². The predicted molar refractivity (Wildman–Crippen MR) is 126 cm³/mol. The summed E-state index contributed by atoms with van der Waals surface area (Å²) in [5.74, 6) is -0.608. The Labute approximate surface area is 190 Å². The Balaban J connectivity index is 1.56. The van der Waals surface area contributed by atoms with E-state index in [1.165, 1.54) is 23.3 Å². The molecule has 0 N–H and O–H groups in total. The molecule has 1 aliphatic heterocycles. The van der Waals surface area contributed by atoms with Crippen LogP contribution in [0.1, 0.15) is 49.7 Å². The third kappa shape index (κ3) is 8.93. The number of aryl methyl sites for hydroxylation is 2. The van der Waals surface area contributed by atoms with Gasteiger partial charge in [0.15, 0.2) is 0 Å². The second-order valence-electron chi connectivity index (χ2n) is 8.13. The van der Waals surface area contributed by atoms with Gasteiger partial charge in [0.25, 0.3) is 0 Å². The number of cyclic esters (lactones) is 2. The third-order valence-corrected chi connectivity index (χ3v) is 5.58. The molecule has 32 heavy (non-hydrogen) atoms. The highest BCUT2D eigenvalue weighted by atomic mass is 16.5. The van der Waals surface area contributed by atoms with E-state index >= 15 is 0 Å². The van der Waals surface area contributed by atoms with Crippen molar-refractivity contribution < 1.29 is 19.1 Å². The number of ether oxygens (including phenoxy) is 2. The van der Waals surface area contributed by atoms with Crippen LogP contribution in [-0.2, 0) is 31.9 Å². The zero-order valence-electron chi connectivity index (χ0n) is 18.5. The Morgan fingerprint density at radius 2 is 1.03 bits per heavy atom. The standard InChI is InChI=1S/C28H32O4/c29-27-17-10-8-16-26(22-20-24-13-5-2-6-14-24)32-28(30)18-9-7-15-25(31-27)21-19-23-11-3-1-4-12-23/h1-6,9-14,17-18,25-26H,7-8,15-16,19-22H2/b17-10+,18-9+/t25-,26-/m0/s1. The number of benzene rings is 2. The van der Waals surface area contributed by atoms with E-state index < -0.39 is 0 Å². The van der Waals surface area contributed by atoms with Gasteiger partial charge in [-0.15, -0.1) is 0 Å². The molecule has 0 aliphatic carbocycles. The maximum absolute atomic E-state index is 12.3. The smallest absolute Gasteiger partial charge is 0.330 e. The summed E-state index contributed by atoms with van der Waals surface area (Å²) in [6, 6.07) is 20.3. The van der Waals surface area contributed by atoms with E-state index in [-0.39, 0.29) is 24.1 Å². The third-order valence-electron chi connectivity index (χ3n) is 5.58. The van der Waals surface area contributed by atoms with Gasteiger partial charge in [-0.1, -0.05) is 72.8 Å². The largest absolute Gasteiger partial charge is 0.459 e. The summed E-state index contributed by atoms with van der Waals surface area (Å²) in [6.07, 6.45) is 12.1. The molecular formula is C28H32O4. The van der Waals surface area contributed by atoms with Crippen molar-refractivity contribution in [3.63, 3.8) is 0 Å². The average Bonchev–Trinajstić information content (AvgIpc) is 2.82. The van der Waals surface area contributed by atoms with Crippen LogP contribution in [0.3, 0.4) is 0 Å². The number of rotatable bonds is 6. The molecule has 0 amide bonds. The lowest BCUT2D eigenvalue weighted by Crippen LogP contribution is -2.19. The first-order chi connectivity index (χ1) is 15.7. The Hall–Kier alpha value is -3.14. The molecule has 0 saturated carbocycles. The van der Waals surface area contributed by atoms with E-state index in [0.29, 0.717) is 25.7 Å². The van der Waals surface area contributed by atoms with Crippen molar-refractivity contribution >= 4 is 11.9 Å². The summed E-state index contributed by atoms with van der Waals surface area (Å²) in [6.45, 7) is 0. The van der Waals surface area contributed by atoms with E-state index in [1.807, 2.05) is 48.6 Å². The van der Waals surface area contributed by atoms with Crippen molar-refractivity contribution in [2.45, 2.75) is 63.6 Å². The minimum atomic E-state index is -0.304. The fourth-order valence-corrected chi connectivity index (χ4v) is 3.80. The molecule has 2 aromatic carbocycles. The lowest BCUT2D eigenvalue weighted by molar-refractivity contribution is -0.145. The van der Waals surface area contributed by atoms with Crippen molar-refractivity contribution in [2.75, 3.05) is 0 Å². The summed E-state index contributed by atoms with van der Waals surface area (Å²) in [4.78, 5) is 24.6. The van der Waals surface area contributed by atoms with Crippen LogP contribution in [0.5, 0.6) is 0 Å². The summed E-state index contributed by atoms with van der Waals surface area (Å²) < 4.78 is 11.4. The second-order valence-corrected chi connectivity index (χ2v) is 8.13. The molecule has 4 nitrogen and oxygen atoms in total. The molecule has 0 spiro atoms. The van der Waals surface area contributed by atoms with E-state index in [0.717, 1.165) is 25.7 Å². The minimum absolute atomic E-state index is 0.186. The van der Waals surface area contributed by atoms with Crippen molar-refractivity contribution in [1.82, 2.24) is 0 Å². The summed E-state index contributed by atoms with van der Waals surface area (Å²) in [5, 5.41) is 0. The van der Waals surface area contributed by atoms with Gasteiger partial charge >= 0.3 is 11.9 Å². The van der Waals surface area contributed by atoms with E-state index in [9.17, 15) is 9.59 Å². The molecule has 0 saturated heterocycles. The van der Waals surface area contributed by atoms with Gasteiger partial charge in [-0.2, -0.15) is 0 Å². The van der Waals surface area contributed by atoms with Gasteiger partial charge in [0.05, 0.1) is 0 Å². The molecule has 3 rings (SSSR count). The first-order valence-corrected chi connectivity index (χ1v) is 11.5. The summed E-state index contributed by atoms with van der Waals surface area (Å²) in [5.41, 5.74) is 2.44. The fourth-order valence-electron chi connectivity index (χ4n) is 3.80. The fraction of sp³-hybridized carbons (Fsp3) is 0.357. The van der Waals surface area contributed by atoms with Gasteiger partial charge in [0, 0.05) is 12.2 Å². The maximum Gasteiger partial charge on any atom is 0.330 e. The number of carbonyl (C=O) groups excluding carboxylic acids is 2. The van der Waals surface area contributed by atoms with Gasteiger partial charge in [-0.3, -0.25) is 0 Å². The number of hydrogen-bond donors (Lipinski definition) is 0. The molecule has 0 unspecified atom stereocenters. The van der Waals surface area contributed by atoms with Crippen molar-refractivity contribution in [2.24, 2.45) is 0 Å². The van der Waals surface area contributed by atoms with E-state index in [2.05, 4.69) is 24.3 Å².